The van der Waals surface area contributed by atoms with Gasteiger partial charge in [0.2, 0.25) is 0 Å². The summed E-state index contributed by atoms with van der Waals surface area (Å²) in [5.74, 6) is -0.424. The summed E-state index contributed by atoms with van der Waals surface area (Å²) in [5.41, 5.74) is 0.401. The highest BCUT2D eigenvalue weighted by Gasteiger charge is 2.06. The molecule has 0 saturated carbocycles. The minimum Gasteiger partial charge on any atom is -0.288 e. The molecule has 104 valence electrons. The van der Waals surface area contributed by atoms with Crippen LogP contribution in [-0.4, -0.2) is 5.78 Å². The van der Waals surface area contributed by atoms with Gasteiger partial charge in [-0.3, -0.25) is 4.79 Å². The molecule has 0 radical (unpaired) electrons. The molecule has 0 fully saturated rings. The summed E-state index contributed by atoms with van der Waals surface area (Å²) in [6, 6.07) is 8.47. The minimum atomic E-state index is -0.338. The number of halogens is 2. The van der Waals surface area contributed by atoms with Gasteiger partial charge in [0, 0.05) is 14.9 Å². The fourth-order valence-electron chi connectivity index (χ4n) is 1.78. The number of aryl methyl sites for hydroxylation is 1. The molecule has 0 spiro atoms. The molecular formula is C16H14BrFOS. The van der Waals surface area contributed by atoms with E-state index in [9.17, 15) is 9.18 Å². The Labute approximate surface area is 130 Å². The average Bonchev–Trinajstić information content (AvgIpc) is 2.88. The quantitative estimate of drug-likeness (QED) is 0.513. The second-order valence-electron chi connectivity index (χ2n) is 4.38. The monoisotopic (exact) mass is 352 g/mol. The largest absolute Gasteiger partial charge is 0.288 e. The molecule has 1 aromatic heterocycles. The molecule has 0 aliphatic rings. The third-order valence-electron chi connectivity index (χ3n) is 2.77. The number of carbonyl (C=O) groups excluding carboxylic acids is 1. The standard InChI is InChI=1S/C16H14BrFOS/c1-2-3-13-6-9-16(20-13)15(19)8-4-11-10-12(17)5-7-14(11)18/h4-10H,2-3H2,1H3/b8-4+. The van der Waals surface area contributed by atoms with Crippen LogP contribution in [0.3, 0.4) is 0 Å². The highest BCUT2D eigenvalue weighted by atomic mass is 79.9. The predicted octanol–water partition coefficient (Wildman–Crippen LogP) is 5.50. The first kappa shape index (κ1) is 15.1. The first-order valence-electron chi connectivity index (χ1n) is 6.36. The molecule has 1 nitrogen and oxygen atoms in total. The lowest BCUT2D eigenvalue weighted by Crippen LogP contribution is -1.90. The Morgan fingerprint density at radius 2 is 2.15 bits per heavy atom. The molecule has 0 unspecified atom stereocenters. The van der Waals surface area contributed by atoms with Crippen LogP contribution in [0.5, 0.6) is 0 Å². The zero-order valence-corrected chi connectivity index (χ0v) is 13.4. The molecule has 1 aromatic carbocycles. The SMILES string of the molecule is CCCc1ccc(C(=O)/C=C/c2cc(Br)ccc2F)s1. The first-order chi connectivity index (χ1) is 9.60. The lowest BCUT2D eigenvalue weighted by molar-refractivity contribution is 0.105. The number of rotatable bonds is 5. The maximum atomic E-state index is 13.5. The van der Waals surface area contributed by atoms with Crippen LogP contribution in [0.15, 0.2) is 40.9 Å². The van der Waals surface area contributed by atoms with Crippen molar-refractivity contribution in [1.82, 2.24) is 0 Å². The third kappa shape index (κ3) is 3.87. The number of carbonyl (C=O) groups is 1. The normalized spacial score (nSPS) is 11.2. The van der Waals surface area contributed by atoms with Crippen molar-refractivity contribution in [2.75, 3.05) is 0 Å². The molecule has 2 aromatic rings. The van der Waals surface area contributed by atoms with Gasteiger partial charge in [0.1, 0.15) is 5.82 Å². The smallest absolute Gasteiger partial charge is 0.195 e. The van der Waals surface area contributed by atoms with E-state index in [-0.39, 0.29) is 11.6 Å². The van der Waals surface area contributed by atoms with Gasteiger partial charge in [-0.05, 0) is 48.9 Å². The van der Waals surface area contributed by atoms with Gasteiger partial charge in [0.05, 0.1) is 4.88 Å². The van der Waals surface area contributed by atoms with Crippen LogP contribution in [0.2, 0.25) is 0 Å². The van der Waals surface area contributed by atoms with Crippen LogP contribution in [0.1, 0.15) is 33.5 Å². The number of hydrogen-bond donors (Lipinski definition) is 0. The van der Waals surface area contributed by atoms with Gasteiger partial charge in [-0.1, -0.05) is 29.3 Å². The van der Waals surface area contributed by atoms with Gasteiger partial charge >= 0.3 is 0 Å². The van der Waals surface area contributed by atoms with Crippen LogP contribution in [0.4, 0.5) is 4.39 Å². The van der Waals surface area contributed by atoms with Crippen molar-refractivity contribution < 1.29 is 9.18 Å². The highest BCUT2D eigenvalue weighted by Crippen LogP contribution is 2.20. The minimum absolute atomic E-state index is 0.0864. The average molecular weight is 353 g/mol. The molecular weight excluding hydrogens is 339 g/mol. The zero-order chi connectivity index (χ0) is 14.5. The molecule has 0 aliphatic carbocycles. The molecule has 20 heavy (non-hydrogen) atoms. The summed E-state index contributed by atoms with van der Waals surface area (Å²) in [4.78, 5) is 13.9. The van der Waals surface area contributed by atoms with Crippen molar-refractivity contribution in [2.24, 2.45) is 0 Å². The highest BCUT2D eigenvalue weighted by molar-refractivity contribution is 9.10. The van der Waals surface area contributed by atoms with Crippen LogP contribution in [-0.2, 0) is 6.42 Å². The number of allylic oxidation sites excluding steroid dienone is 1. The van der Waals surface area contributed by atoms with Gasteiger partial charge in [0.15, 0.2) is 5.78 Å². The summed E-state index contributed by atoms with van der Waals surface area (Å²) in [6.07, 6.45) is 4.99. The Kier molecular flexibility index (Phi) is 5.26. The van der Waals surface area contributed by atoms with E-state index in [1.807, 2.05) is 12.1 Å². The molecule has 4 heteroatoms. The Morgan fingerprint density at radius 3 is 2.90 bits per heavy atom. The lowest BCUT2D eigenvalue weighted by Gasteiger charge is -1.97. The van der Waals surface area contributed by atoms with Gasteiger partial charge < -0.3 is 0 Å². The van der Waals surface area contributed by atoms with E-state index in [0.29, 0.717) is 10.4 Å². The van der Waals surface area contributed by atoms with Crippen molar-refractivity contribution in [2.45, 2.75) is 19.8 Å². The van der Waals surface area contributed by atoms with E-state index in [0.717, 1.165) is 17.3 Å². The molecule has 0 atom stereocenters. The topological polar surface area (TPSA) is 17.1 Å². The maximum absolute atomic E-state index is 13.5. The molecule has 0 bridgehead atoms. The zero-order valence-electron chi connectivity index (χ0n) is 11.0. The molecule has 1 heterocycles. The maximum Gasteiger partial charge on any atom is 0.195 e. The van der Waals surface area contributed by atoms with E-state index in [1.54, 1.807) is 12.1 Å². The summed E-state index contributed by atoms with van der Waals surface area (Å²) in [5, 5.41) is 0. The molecule has 0 N–H and O–H groups in total. The summed E-state index contributed by atoms with van der Waals surface area (Å²) in [7, 11) is 0. The lowest BCUT2D eigenvalue weighted by atomic mass is 10.1. The third-order valence-corrected chi connectivity index (χ3v) is 4.43. The Hall–Kier alpha value is -1.26. The number of ketones is 1. The second kappa shape index (κ2) is 6.95. The summed E-state index contributed by atoms with van der Waals surface area (Å²) >= 11 is 4.79. The molecule has 0 aliphatic heterocycles. The van der Waals surface area contributed by atoms with E-state index in [2.05, 4.69) is 22.9 Å². The van der Waals surface area contributed by atoms with E-state index >= 15 is 0 Å². The van der Waals surface area contributed by atoms with Gasteiger partial charge in [0.25, 0.3) is 0 Å². The molecule has 0 amide bonds. The van der Waals surface area contributed by atoms with Crippen molar-refractivity contribution >= 4 is 39.1 Å². The summed E-state index contributed by atoms with van der Waals surface area (Å²) < 4.78 is 14.3. The van der Waals surface area contributed by atoms with Crippen molar-refractivity contribution in [1.29, 1.82) is 0 Å². The number of hydrogen-bond acceptors (Lipinski definition) is 2. The van der Waals surface area contributed by atoms with E-state index in [4.69, 9.17) is 0 Å². The van der Waals surface area contributed by atoms with Crippen molar-refractivity contribution in [3.63, 3.8) is 0 Å². The molecule has 0 saturated heterocycles. The van der Waals surface area contributed by atoms with Crippen LogP contribution in [0.25, 0.3) is 6.08 Å². The van der Waals surface area contributed by atoms with Crippen molar-refractivity contribution in [3.8, 4) is 0 Å². The Bertz CT molecular complexity index is 646. The van der Waals surface area contributed by atoms with Gasteiger partial charge in [-0.25, -0.2) is 4.39 Å². The first-order valence-corrected chi connectivity index (χ1v) is 7.97. The Balaban J connectivity index is 2.13. The van der Waals surface area contributed by atoms with Gasteiger partial charge in [-0.15, -0.1) is 11.3 Å². The van der Waals surface area contributed by atoms with Crippen LogP contribution < -0.4 is 0 Å². The second-order valence-corrected chi connectivity index (χ2v) is 6.46. The van der Waals surface area contributed by atoms with Crippen LogP contribution >= 0.6 is 27.3 Å². The fourth-order valence-corrected chi connectivity index (χ4v) is 3.19. The van der Waals surface area contributed by atoms with Crippen LogP contribution in [0, 0.1) is 5.82 Å². The number of thiophene rings is 1. The van der Waals surface area contributed by atoms with Gasteiger partial charge in [-0.2, -0.15) is 0 Å². The predicted molar refractivity (Wildman–Crippen MR) is 85.8 cm³/mol. The molecule has 2 rings (SSSR count). The number of benzene rings is 1. The van der Waals surface area contributed by atoms with E-state index < -0.39 is 0 Å². The Morgan fingerprint density at radius 1 is 1.35 bits per heavy atom. The van der Waals surface area contributed by atoms with E-state index in [1.165, 1.54) is 34.4 Å². The fraction of sp³-hybridized carbons (Fsp3) is 0.188. The van der Waals surface area contributed by atoms with Crippen molar-refractivity contribution in [3.05, 3.63) is 62.0 Å². The summed E-state index contributed by atoms with van der Waals surface area (Å²) in [6.45, 7) is 2.11.